The van der Waals surface area contributed by atoms with Gasteiger partial charge in [-0.05, 0) is 32.0 Å². The fraction of sp³-hybridized carbons (Fsp3) is 0.385. The second-order valence-electron chi connectivity index (χ2n) is 3.95. The van der Waals surface area contributed by atoms with Gasteiger partial charge < -0.3 is 14.6 Å². The normalized spacial score (nSPS) is 11.7. The summed E-state index contributed by atoms with van der Waals surface area (Å²) in [5.74, 6) is -0.156. The van der Waals surface area contributed by atoms with Crippen LogP contribution in [0.3, 0.4) is 0 Å². The third kappa shape index (κ3) is 3.76. The van der Waals surface area contributed by atoms with Crippen LogP contribution < -0.4 is 9.47 Å². The van der Waals surface area contributed by atoms with Crippen LogP contribution in [0.2, 0.25) is 0 Å². The van der Waals surface area contributed by atoms with Crippen molar-refractivity contribution in [3.05, 3.63) is 23.8 Å². The zero-order valence-corrected chi connectivity index (χ0v) is 10.6. The summed E-state index contributed by atoms with van der Waals surface area (Å²) in [6, 6.07) is 4.80. The first kappa shape index (κ1) is 14.0. The lowest BCUT2D eigenvalue weighted by molar-refractivity contribution is -0.138. The molecule has 0 saturated heterocycles. The predicted molar refractivity (Wildman–Crippen MR) is 65.3 cm³/mol. The van der Waals surface area contributed by atoms with E-state index in [2.05, 4.69) is 0 Å². The molecule has 0 aliphatic carbocycles. The molecule has 0 spiro atoms. The molecule has 98 valence electrons. The average molecular weight is 252 g/mol. The van der Waals surface area contributed by atoms with Gasteiger partial charge in [0.25, 0.3) is 0 Å². The summed E-state index contributed by atoms with van der Waals surface area (Å²) in [4.78, 5) is 21.8. The van der Waals surface area contributed by atoms with Gasteiger partial charge in [0.2, 0.25) is 0 Å². The molecule has 0 aromatic heterocycles. The minimum atomic E-state index is -0.929. The van der Waals surface area contributed by atoms with E-state index in [0.717, 1.165) is 0 Å². The lowest BCUT2D eigenvalue weighted by Gasteiger charge is -2.15. The molecule has 1 atom stereocenters. The number of methoxy groups -OCH3 is 1. The molecule has 18 heavy (non-hydrogen) atoms. The van der Waals surface area contributed by atoms with Gasteiger partial charge in [0.05, 0.1) is 13.5 Å². The lowest BCUT2D eigenvalue weighted by atomic mass is 10.1. The minimum absolute atomic E-state index is 0.0709. The number of ether oxygens (including phenoxy) is 2. The molecule has 1 aromatic rings. The van der Waals surface area contributed by atoms with Crippen molar-refractivity contribution in [3.8, 4) is 11.5 Å². The molecule has 5 heteroatoms. The van der Waals surface area contributed by atoms with Crippen molar-refractivity contribution in [2.75, 3.05) is 7.11 Å². The zero-order valence-electron chi connectivity index (χ0n) is 10.6. The Labute approximate surface area is 105 Å². The van der Waals surface area contributed by atoms with Crippen molar-refractivity contribution < 1.29 is 24.2 Å². The van der Waals surface area contributed by atoms with Crippen LogP contribution in [0, 0.1) is 0 Å². The number of carboxylic acid groups (broad SMARTS) is 1. The van der Waals surface area contributed by atoms with Gasteiger partial charge in [-0.1, -0.05) is 0 Å². The van der Waals surface area contributed by atoms with Gasteiger partial charge in [-0.2, -0.15) is 0 Å². The Balaban J connectivity index is 2.88. The topological polar surface area (TPSA) is 72.8 Å². The maximum atomic E-state index is 11.2. The fourth-order valence-electron chi connectivity index (χ4n) is 1.49. The van der Waals surface area contributed by atoms with Gasteiger partial charge in [-0.15, -0.1) is 0 Å². The zero-order chi connectivity index (χ0) is 13.7. The van der Waals surface area contributed by atoms with E-state index in [9.17, 15) is 9.59 Å². The van der Waals surface area contributed by atoms with Crippen LogP contribution in [0.4, 0.5) is 0 Å². The number of carbonyl (C=O) groups excluding carboxylic acids is 1. The highest BCUT2D eigenvalue weighted by Crippen LogP contribution is 2.29. The smallest absolute Gasteiger partial charge is 0.307 e. The molecule has 0 fully saturated rings. The van der Waals surface area contributed by atoms with E-state index >= 15 is 0 Å². The number of carboxylic acids is 1. The summed E-state index contributed by atoms with van der Waals surface area (Å²) >= 11 is 0. The first-order valence-electron chi connectivity index (χ1n) is 5.51. The van der Waals surface area contributed by atoms with Gasteiger partial charge in [0.15, 0.2) is 17.3 Å². The molecular formula is C13H16O5. The number of benzene rings is 1. The van der Waals surface area contributed by atoms with E-state index in [1.807, 2.05) is 0 Å². The van der Waals surface area contributed by atoms with Crippen molar-refractivity contribution in [2.45, 2.75) is 26.4 Å². The van der Waals surface area contributed by atoms with Crippen LogP contribution in [0.1, 0.15) is 30.6 Å². The third-order valence-corrected chi connectivity index (χ3v) is 2.36. The average Bonchev–Trinajstić information content (AvgIpc) is 2.27. The van der Waals surface area contributed by atoms with Crippen LogP contribution in [0.25, 0.3) is 0 Å². The van der Waals surface area contributed by atoms with E-state index in [-0.39, 0.29) is 12.2 Å². The number of hydrogen-bond donors (Lipinski definition) is 1. The molecule has 1 rings (SSSR count). The highest BCUT2D eigenvalue weighted by atomic mass is 16.5. The van der Waals surface area contributed by atoms with E-state index in [0.29, 0.717) is 17.1 Å². The SMILES string of the molecule is COc1cc(C(C)=O)ccc1OC(C)CC(=O)O. The van der Waals surface area contributed by atoms with Crippen molar-refractivity contribution >= 4 is 11.8 Å². The largest absolute Gasteiger partial charge is 0.493 e. The van der Waals surface area contributed by atoms with Crippen molar-refractivity contribution in [1.29, 1.82) is 0 Å². The molecule has 0 amide bonds. The van der Waals surface area contributed by atoms with E-state index in [1.54, 1.807) is 25.1 Å². The number of ketones is 1. The van der Waals surface area contributed by atoms with Gasteiger partial charge in [0, 0.05) is 5.56 Å². The number of Topliss-reactive ketones (excluding diaryl/α,β-unsaturated/α-hetero) is 1. The first-order valence-corrected chi connectivity index (χ1v) is 5.51. The van der Waals surface area contributed by atoms with Crippen LogP contribution in [0.5, 0.6) is 11.5 Å². The molecule has 1 unspecified atom stereocenters. The van der Waals surface area contributed by atoms with Crippen molar-refractivity contribution in [3.63, 3.8) is 0 Å². The molecule has 5 nitrogen and oxygen atoms in total. The lowest BCUT2D eigenvalue weighted by Crippen LogP contribution is -2.17. The summed E-state index contributed by atoms with van der Waals surface area (Å²) in [6.45, 7) is 3.12. The monoisotopic (exact) mass is 252 g/mol. The molecule has 1 aromatic carbocycles. The van der Waals surface area contributed by atoms with Gasteiger partial charge in [0.1, 0.15) is 6.10 Å². The first-order chi connectivity index (χ1) is 8.43. The number of carbonyl (C=O) groups is 2. The Kier molecular flexibility index (Phi) is 4.71. The van der Waals surface area contributed by atoms with Crippen LogP contribution in [0.15, 0.2) is 18.2 Å². The second-order valence-corrected chi connectivity index (χ2v) is 3.95. The van der Waals surface area contributed by atoms with E-state index in [4.69, 9.17) is 14.6 Å². The maximum absolute atomic E-state index is 11.2. The predicted octanol–water partition coefficient (Wildman–Crippen LogP) is 2.14. The van der Waals surface area contributed by atoms with E-state index < -0.39 is 12.1 Å². The molecule has 1 N–H and O–H groups in total. The summed E-state index contributed by atoms with van der Waals surface area (Å²) < 4.78 is 10.6. The Morgan fingerprint density at radius 2 is 2.00 bits per heavy atom. The molecule has 0 radical (unpaired) electrons. The van der Waals surface area contributed by atoms with Crippen LogP contribution in [-0.4, -0.2) is 30.1 Å². The second kappa shape index (κ2) is 6.05. The van der Waals surface area contributed by atoms with Crippen molar-refractivity contribution in [1.82, 2.24) is 0 Å². The maximum Gasteiger partial charge on any atom is 0.307 e. The quantitative estimate of drug-likeness (QED) is 0.785. The molecule has 0 aliphatic heterocycles. The number of aliphatic carboxylic acids is 1. The Hall–Kier alpha value is -2.04. The minimum Gasteiger partial charge on any atom is -0.493 e. The molecular weight excluding hydrogens is 236 g/mol. The summed E-state index contributed by atoms with van der Waals surface area (Å²) in [5.41, 5.74) is 0.519. The molecule has 0 bridgehead atoms. The Bertz CT molecular complexity index is 453. The summed E-state index contributed by atoms with van der Waals surface area (Å²) in [5, 5.41) is 8.65. The number of hydrogen-bond acceptors (Lipinski definition) is 4. The van der Waals surface area contributed by atoms with Crippen LogP contribution in [-0.2, 0) is 4.79 Å². The molecule has 0 aliphatic rings. The Morgan fingerprint density at radius 1 is 1.33 bits per heavy atom. The highest BCUT2D eigenvalue weighted by molar-refractivity contribution is 5.94. The standard InChI is InChI=1S/C13H16O5/c1-8(6-13(15)16)18-11-5-4-10(9(2)14)7-12(11)17-3/h4-5,7-8H,6H2,1-3H3,(H,15,16). The van der Waals surface area contributed by atoms with Gasteiger partial charge >= 0.3 is 5.97 Å². The third-order valence-electron chi connectivity index (χ3n) is 2.36. The summed E-state index contributed by atoms with van der Waals surface area (Å²) in [7, 11) is 1.47. The fourth-order valence-corrected chi connectivity index (χ4v) is 1.49. The molecule has 0 heterocycles. The van der Waals surface area contributed by atoms with Gasteiger partial charge in [-0.25, -0.2) is 0 Å². The van der Waals surface area contributed by atoms with Crippen molar-refractivity contribution in [2.24, 2.45) is 0 Å². The molecule has 0 saturated carbocycles. The van der Waals surface area contributed by atoms with Crippen LogP contribution >= 0.6 is 0 Å². The Morgan fingerprint density at radius 3 is 2.50 bits per heavy atom. The number of rotatable bonds is 6. The van der Waals surface area contributed by atoms with Gasteiger partial charge in [-0.3, -0.25) is 9.59 Å². The van der Waals surface area contributed by atoms with E-state index in [1.165, 1.54) is 14.0 Å². The summed E-state index contributed by atoms with van der Waals surface area (Å²) in [6.07, 6.45) is -0.572. The highest BCUT2D eigenvalue weighted by Gasteiger charge is 2.13.